The molecule has 0 saturated heterocycles. The molecule has 0 saturated carbocycles. The van der Waals surface area contributed by atoms with Crippen LogP contribution in [-0.2, 0) is 17.8 Å². The molecule has 1 heterocycles. The number of benzene rings is 3. The summed E-state index contributed by atoms with van der Waals surface area (Å²) in [7, 11) is 0. The van der Waals surface area contributed by atoms with E-state index in [1.165, 1.54) is 16.7 Å². The van der Waals surface area contributed by atoms with Gasteiger partial charge in [-0.05, 0) is 34.4 Å². The van der Waals surface area contributed by atoms with E-state index in [2.05, 4.69) is 41.0 Å². The molecule has 0 spiro atoms. The fourth-order valence-corrected chi connectivity index (χ4v) is 3.37. The van der Waals surface area contributed by atoms with Crippen molar-refractivity contribution in [2.75, 3.05) is 0 Å². The van der Waals surface area contributed by atoms with E-state index >= 15 is 0 Å². The first kappa shape index (κ1) is 16.2. The Morgan fingerprint density at radius 1 is 0.808 bits per heavy atom. The minimum absolute atomic E-state index is 0.0487. The van der Waals surface area contributed by atoms with Crippen LogP contribution in [0.1, 0.15) is 11.1 Å². The molecule has 128 valence electrons. The Balaban J connectivity index is 1.60. The summed E-state index contributed by atoms with van der Waals surface area (Å²) in [4.78, 5) is 11.1. The van der Waals surface area contributed by atoms with Crippen LogP contribution in [0.2, 0.25) is 0 Å². The molecule has 26 heavy (non-hydrogen) atoms. The number of aromatic nitrogens is 1. The molecule has 1 aromatic heterocycles. The average molecular weight is 341 g/mol. The maximum absolute atomic E-state index is 11.1. The zero-order valence-electron chi connectivity index (χ0n) is 14.3. The minimum atomic E-state index is -0.804. The molecule has 0 amide bonds. The van der Waals surface area contributed by atoms with Crippen molar-refractivity contribution in [2.24, 2.45) is 0 Å². The Morgan fingerprint density at radius 3 is 2.27 bits per heavy atom. The number of hydrogen-bond donors (Lipinski definition) is 1. The number of carbonyl (C=O) groups is 1. The Morgan fingerprint density at radius 2 is 1.54 bits per heavy atom. The number of carboxylic acids is 1. The lowest BCUT2D eigenvalue weighted by Crippen LogP contribution is -2.01. The van der Waals surface area contributed by atoms with Crippen LogP contribution in [-0.4, -0.2) is 15.6 Å². The van der Waals surface area contributed by atoms with E-state index in [9.17, 15) is 4.79 Å². The van der Waals surface area contributed by atoms with Crippen LogP contribution in [0.25, 0.3) is 22.0 Å². The normalized spacial score (nSPS) is 10.9. The van der Waals surface area contributed by atoms with Gasteiger partial charge in [0, 0.05) is 23.6 Å². The molecule has 1 N–H and O–H groups in total. The van der Waals surface area contributed by atoms with Crippen molar-refractivity contribution in [1.29, 1.82) is 0 Å². The van der Waals surface area contributed by atoms with Gasteiger partial charge in [-0.3, -0.25) is 4.79 Å². The number of rotatable bonds is 5. The number of nitrogens with zero attached hydrogens (tertiary/aromatic N) is 1. The van der Waals surface area contributed by atoms with Gasteiger partial charge < -0.3 is 9.67 Å². The van der Waals surface area contributed by atoms with Crippen LogP contribution in [0.3, 0.4) is 0 Å². The highest BCUT2D eigenvalue weighted by molar-refractivity contribution is 5.87. The van der Waals surface area contributed by atoms with Crippen molar-refractivity contribution in [3.8, 4) is 11.1 Å². The molecular weight excluding hydrogens is 322 g/mol. The SMILES string of the molecule is O=C(O)Cc1cccc2c1ccn2Cc1ccc(-c2ccccc2)cc1. The van der Waals surface area contributed by atoms with Crippen LogP contribution in [0, 0.1) is 0 Å². The Labute approximate surface area is 152 Å². The van der Waals surface area contributed by atoms with Crippen LogP contribution < -0.4 is 0 Å². The number of fused-ring (bicyclic) bond motifs is 1. The third kappa shape index (κ3) is 3.24. The van der Waals surface area contributed by atoms with Crippen LogP contribution >= 0.6 is 0 Å². The van der Waals surface area contributed by atoms with Crippen molar-refractivity contribution in [3.63, 3.8) is 0 Å². The van der Waals surface area contributed by atoms with E-state index in [1.807, 2.05) is 48.7 Å². The first-order chi connectivity index (χ1) is 12.7. The summed E-state index contributed by atoms with van der Waals surface area (Å²) >= 11 is 0. The zero-order chi connectivity index (χ0) is 17.9. The molecule has 0 radical (unpaired) electrons. The monoisotopic (exact) mass is 341 g/mol. The second-order valence-corrected chi connectivity index (χ2v) is 6.43. The van der Waals surface area contributed by atoms with Crippen molar-refractivity contribution >= 4 is 16.9 Å². The van der Waals surface area contributed by atoms with Gasteiger partial charge in [0.2, 0.25) is 0 Å². The van der Waals surface area contributed by atoms with Crippen molar-refractivity contribution < 1.29 is 9.90 Å². The quantitative estimate of drug-likeness (QED) is 0.556. The second kappa shape index (κ2) is 6.89. The number of hydrogen-bond acceptors (Lipinski definition) is 1. The van der Waals surface area contributed by atoms with E-state index in [0.717, 1.165) is 23.0 Å². The average Bonchev–Trinajstić information content (AvgIpc) is 3.07. The third-order valence-electron chi connectivity index (χ3n) is 4.66. The summed E-state index contributed by atoms with van der Waals surface area (Å²) in [6.45, 7) is 0.759. The molecule has 0 unspecified atom stereocenters. The van der Waals surface area contributed by atoms with E-state index in [-0.39, 0.29) is 6.42 Å². The Hall–Kier alpha value is -3.33. The fourth-order valence-electron chi connectivity index (χ4n) is 3.37. The molecule has 0 bridgehead atoms. The molecule has 0 aliphatic rings. The van der Waals surface area contributed by atoms with Crippen molar-refractivity contribution in [1.82, 2.24) is 4.57 Å². The third-order valence-corrected chi connectivity index (χ3v) is 4.66. The zero-order valence-corrected chi connectivity index (χ0v) is 14.3. The van der Waals surface area contributed by atoms with Crippen molar-refractivity contribution in [2.45, 2.75) is 13.0 Å². The van der Waals surface area contributed by atoms with E-state index in [4.69, 9.17) is 5.11 Å². The van der Waals surface area contributed by atoms with Gasteiger partial charge in [-0.25, -0.2) is 0 Å². The van der Waals surface area contributed by atoms with Crippen molar-refractivity contribution in [3.05, 3.63) is 96.2 Å². The van der Waals surface area contributed by atoms with Gasteiger partial charge in [-0.2, -0.15) is 0 Å². The molecular formula is C23H19NO2. The molecule has 3 nitrogen and oxygen atoms in total. The number of carboxylic acid groups (broad SMARTS) is 1. The Kier molecular flexibility index (Phi) is 4.28. The topological polar surface area (TPSA) is 42.2 Å². The molecule has 4 aromatic rings. The van der Waals surface area contributed by atoms with E-state index in [1.54, 1.807) is 0 Å². The molecule has 0 aliphatic heterocycles. The molecule has 0 atom stereocenters. The fraction of sp³-hybridized carbons (Fsp3) is 0.0870. The van der Waals surface area contributed by atoms with E-state index < -0.39 is 5.97 Å². The van der Waals surface area contributed by atoms with Gasteiger partial charge in [-0.1, -0.05) is 66.7 Å². The summed E-state index contributed by atoms with van der Waals surface area (Å²) < 4.78 is 2.16. The van der Waals surface area contributed by atoms with Gasteiger partial charge >= 0.3 is 5.97 Å². The molecule has 0 fully saturated rings. The lowest BCUT2D eigenvalue weighted by Gasteiger charge is -2.08. The molecule has 0 aliphatic carbocycles. The maximum Gasteiger partial charge on any atom is 0.307 e. The summed E-state index contributed by atoms with van der Waals surface area (Å²) in [6, 6.07) is 26.8. The highest BCUT2D eigenvalue weighted by atomic mass is 16.4. The first-order valence-corrected chi connectivity index (χ1v) is 8.63. The smallest absolute Gasteiger partial charge is 0.307 e. The van der Waals surface area contributed by atoms with Gasteiger partial charge in [0.05, 0.1) is 6.42 Å². The highest BCUT2D eigenvalue weighted by Gasteiger charge is 2.09. The summed E-state index contributed by atoms with van der Waals surface area (Å²) in [5.74, 6) is -0.804. The Bertz CT molecular complexity index is 1050. The summed E-state index contributed by atoms with van der Waals surface area (Å²) in [5, 5.41) is 10.1. The first-order valence-electron chi connectivity index (χ1n) is 8.63. The lowest BCUT2D eigenvalue weighted by molar-refractivity contribution is -0.136. The van der Waals surface area contributed by atoms with Gasteiger partial charge in [0.25, 0.3) is 0 Å². The summed E-state index contributed by atoms with van der Waals surface area (Å²) in [5.41, 5.74) is 5.55. The van der Waals surface area contributed by atoms with Gasteiger partial charge in [-0.15, -0.1) is 0 Å². The number of aliphatic carboxylic acids is 1. The molecule has 4 rings (SSSR count). The summed E-state index contributed by atoms with van der Waals surface area (Å²) in [6.07, 6.45) is 2.08. The minimum Gasteiger partial charge on any atom is -0.481 e. The predicted molar refractivity (Wildman–Crippen MR) is 104 cm³/mol. The largest absolute Gasteiger partial charge is 0.481 e. The predicted octanol–water partition coefficient (Wildman–Crippen LogP) is 4.98. The van der Waals surface area contributed by atoms with Gasteiger partial charge in [0.1, 0.15) is 0 Å². The second-order valence-electron chi connectivity index (χ2n) is 6.43. The maximum atomic E-state index is 11.1. The standard InChI is InChI=1S/C23H19NO2/c25-23(26)15-20-7-4-8-22-21(20)13-14-24(22)16-17-9-11-19(12-10-17)18-5-2-1-3-6-18/h1-14H,15-16H2,(H,25,26). The highest BCUT2D eigenvalue weighted by Crippen LogP contribution is 2.23. The van der Waals surface area contributed by atoms with Crippen LogP contribution in [0.4, 0.5) is 0 Å². The lowest BCUT2D eigenvalue weighted by atomic mass is 10.0. The van der Waals surface area contributed by atoms with Crippen LogP contribution in [0.5, 0.6) is 0 Å². The van der Waals surface area contributed by atoms with Crippen LogP contribution in [0.15, 0.2) is 85.1 Å². The molecule has 3 heteroatoms. The molecule has 3 aromatic carbocycles. The van der Waals surface area contributed by atoms with Gasteiger partial charge in [0.15, 0.2) is 0 Å². The van der Waals surface area contributed by atoms with E-state index in [0.29, 0.717) is 0 Å².